The fourth-order valence-electron chi connectivity index (χ4n) is 1.06. The number of carbonyl (C=O) groups is 1. The SMILES string of the molecule is Nc1ccc(C(=O)O)c(OS(=O)(=O)OCCS)c1. The highest BCUT2D eigenvalue weighted by Gasteiger charge is 2.19. The summed E-state index contributed by atoms with van der Waals surface area (Å²) in [6.07, 6.45) is 0. The number of carboxylic acids is 1. The summed E-state index contributed by atoms with van der Waals surface area (Å²) in [6, 6.07) is 3.55. The van der Waals surface area contributed by atoms with Gasteiger partial charge in [0.25, 0.3) is 0 Å². The number of thiol groups is 1. The van der Waals surface area contributed by atoms with Gasteiger partial charge in [0.05, 0.1) is 6.61 Å². The van der Waals surface area contributed by atoms with Crippen LogP contribution in [-0.2, 0) is 14.6 Å². The molecule has 0 fully saturated rings. The van der Waals surface area contributed by atoms with Crippen LogP contribution in [-0.4, -0.2) is 31.9 Å². The van der Waals surface area contributed by atoms with Crippen LogP contribution in [0.1, 0.15) is 10.4 Å². The summed E-state index contributed by atoms with van der Waals surface area (Å²) >= 11 is 3.77. The molecule has 0 heterocycles. The Hall–Kier alpha value is -1.45. The molecular formula is C9H11NO6S2. The lowest BCUT2D eigenvalue weighted by atomic mass is 10.2. The summed E-state index contributed by atoms with van der Waals surface area (Å²) in [5, 5.41) is 8.86. The second-order valence-electron chi connectivity index (χ2n) is 3.10. The maximum Gasteiger partial charge on any atom is 0.449 e. The van der Waals surface area contributed by atoms with E-state index in [-0.39, 0.29) is 23.6 Å². The van der Waals surface area contributed by atoms with Crippen molar-refractivity contribution < 1.29 is 26.7 Å². The van der Waals surface area contributed by atoms with Gasteiger partial charge in [0, 0.05) is 17.5 Å². The van der Waals surface area contributed by atoms with E-state index >= 15 is 0 Å². The molecule has 0 spiro atoms. The number of carboxylic acid groups (broad SMARTS) is 1. The first kappa shape index (κ1) is 14.6. The molecule has 1 aromatic rings. The Labute approximate surface area is 109 Å². The monoisotopic (exact) mass is 293 g/mol. The molecule has 0 bridgehead atoms. The van der Waals surface area contributed by atoms with Crippen molar-refractivity contribution >= 4 is 34.7 Å². The number of anilines is 1. The number of nitrogen functional groups attached to an aromatic ring is 1. The zero-order valence-corrected chi connectivity index (χ0v) is 10.8. The van der Waals surface area contributed by atoms with Gasteiger partial charge in [-0.25, -0.2) is 8.98 Å². The molecule has 0 aliphatic carbocycles. The average Bonchev–Trinajstić information content (AvgIpc) is 2.25. The van der Waals surface area contributed by atoms with Crippen molar-refractivity contribution in [3.63, 3.8) is 0 Å². The van der Waals surface area contributed by atoms with Gasteiger partial charge in [-0.3, -0.25) is 0 Å². The lowest BCUT2D eigenvalue weighted by molar-refractivity contribution is 0.0695. The van der Waals surface area contributed by atoms with Gasteiger partial charge in [-0.15, -0.1) is 0 Å². The number of aromatic carboxylic acids is 1. The predicted molar refractivity (Wildman–Crippen MR) is 67.2 cm³/mol. The minimum atomic E-state index is -4.34. The van der Waals surface area contributed by atoms with E-state index in [4.69, 9.17) is 10.8 Å². The van der Waals surface area contributed by atoms with Crippen molar-refractivity contribution in [2.75, 3.05) is 18.1 Å². The van der Waals surface area contributed by atoms with Crippen LogP contribution < -0.4 is 9.92 Å². The van der Waals surface area contributed by atoms with Gasteiger partial charge in [-0.2, -0.15) is 21.0 Å². The largest absolute Gasteiger partial charge is 0.478 e. The second kappa shape index (κ2) is 5.94. The van der Waals surface area contributed by atoms with Crippen molar-refractivity contribution in [2.45, 2.75) is 0 Å². The van der Waals surface area contributed by atoms with Crippen molar-refractivity contribution in [3.8, 4) is 5.75 Å². The first-order valence-corrected chi connectivity index (χ1v) is 6.65. The fourth-order valence-corrected chi connectivity index (χ4v) is 1.97. The summed E-state index contributed by atoms with van der Waals surface area (Å²) in [6.45, 7) is -0.184. The molecule has 1 rings (SSSR count). The summed E-state index contributed by atoms with van der Waals surface area (Å²) in [4.78, 5) is 10.9. The van der Waals surface area contributed by atoms with E-state index in [2.05, 4.69) is 21.0 Å². The van der Waals surface area contributed by atoms with Crippen LogP contribution in [0.25, 0.3) is 0 Å². The van der Waals surface area contributed by atoms with Crippen molar-refractivity contribution in [1.29, 1.82) is 0 Å². The summed E-state index contributed by atoms with van der Waals surface area (Å²) in [5.41, 5.74) is 5.26. The van der Waals surface area contributed by atoms with E-state index in [0.717, 1.165) is 12.1 Å². The molecule has 0 atom stereocenters. The third-order valence-electron chi connectivity index (χ3n) is 1.75. The Morgan fingerprint density at radius 3 is 2.67 bits per heavy atom. The third-order valence-corrected chi connectivity index (χ3v) is 2.77. The second-order valence-corrected chi connectivity index (χ2v) is 4.76. The van der Waals surface area contributed by atoms with E-state index < -0.39 is 22.1 Å². The maximum atomic E-state index is 11.3. The first-order chi connectivity index (χ1) is 8.35. The van der Waals surface area contributed by atoms with E-state index in [9.17, 15) is 13.2 Å². The number of benzene rings is 1. The van der Waals surface area contributed by atoms with Gasteiger partial charge in [-0.05, 0) is 12.1 Å². The smallest absolute Gasteiger partial charge is 0.449 e. The number of nitrogens with two attached hydrogens (primary N) is 1. The van der Waals surface area contributed by atoms with Crippen LogP contribution in [0.3, 0.4) is 0 Å². The van der Waals surface area contributed by atoms with Gasteiger partial charge in [0.1, 0.15) is 5.56 Å². The van der Waals surface area contributed by atoms with Crippen molar-refractivity contribution in [2.24, 2.45) is 0 Å². The predicted octanol–water partition coefficient (Wildman–Crippen LogP) is 0.537. The molecule has 0 aliphatic heterocycles. The van der Waals surface area contributed by atoms with Gasteiger partial charge in [0.15, 0.2) is 5.75 Å². The average molecular weight is 293 g/mol. The van der Waals surface area contributed by atoms with Gasteiger partial charge in [-0.1, -0.05) is 0 Å². The van der Waals surface area contributed by atoms with E-state index in [1.165, 1.54) is 6.07 Å². The number of hydrogen-bond acceptors (Lipinski definition) is 7. The third kappa shape index (κ3) is 4.09. The molecule has 0 amide bonds. The Morgan fingerprint density at radius 1 is 1.44 bits per heavy atom. The summed E-state index contributed by atoms with van der Waals surface area (Å²) < 4.78 is 31.6. The zero-order chi connectivity index (χ0) is 13.8. The molecule has 0 radical (unpaired) electrons. The Kier molecular flexibility index (Phi) is 4.82. The van der Waals surface area contributed by atoms with Crippen LogP contribution in [0.15, 0.2) is 18.2 Å². The molecule has 1 aromatic carbocycles. The molecular weight excluding hydrogens is 282 g/mol. The zero-order valence-electron chi connectivity index (χ0n) is 9.07. The van der Waals surface area contributed by atoms with Gasteiger partial charge < -0.3 is 15.0 Å². The molecule has 0 aromatic heterocycles. The van der Waals surface area contributed by atoms with Crippen LogP contribution in [0.4, 0.5) is 5.69 Å². The summed E-state index contributed by atoms with van der Waals surface area (Å²) in [5.74, 6) is -1.57. The molecule has 0 unspecified atom stereocenters. The highest BCUT2D eigenvalue weighted by molar-refractivity contribution is 7.82. The van der Waals surface area contributed by atoms with Crippen LogP contribution in [0, 0.1) is 0 Å². The lowest BCUT2D eigenvalue weighted by Gasteiger charge is -2.09. The molecule has 0 saturated heterocycles. The molecule has 7 nitrogen and oxygen atoms in total. The minimum absolute atomic E-state index is 0.166. The highest BCUT2D eigenvalue weighted by atomic mass is 32.3. The Balaban J connectivity index is 3.02. The number of rotatable bonds is 6. The molecule has 9 heteroatoms. The standard InChI is InChI=1S/C9H11NO6S2/c10-6-1-2-7(9(11)12)8(5-6)16-18(13,14)15-3-4-17/h1-2,5,17H,3-4,10H2,(H,11,12). The lowest BCUT2D eigenvalue weighted by Crippen LogP contribution is -2.16. The van der Waals surface area contributed by atoms with Crippen molar-refractivity contribution in [3.05, 3.63) is 23.8 Å². The Bertz CT molecular complexity index is 542. The first-order valence-electron chi connectivity index (χ1n) is 4.68. The van der Waals surface area contributed by atoms with E-state index in [1.54, 1.807) is 0 Å². The fraction of sp³-hybridized carbons (Fsp3) is 0.222. The van der Waals surface area contributed by atoms with Crippen LogP contribution >= 0.6 is 12.6 Å². The molecule has 18 heavy (non-hydrogen) atoms. The summed E-state index contributed by atoms with van der Waals surface area (Å²) in [7, 11) is -4.34. The van der Waals surface area contributed by atoms with E-state index in [0.29, 0.717) is 0 Å². The minimum Gasteiger partial charge on any atom is -0.478 e. The quantitative estimate of drug-likeness (QED) is 0.517. The normalized spacial score (nSPS) is 11.2. The van der Waals surface area contributed by atoms with Crippen LogP contribution in [0.5, 0.6) is 5.75 Å². The van der Waals surface area contributed by atoms with Gasteiger partial charge in [0.2, 0.25) is 0 Å². The van der Waals surface area contributed by atoms with Crippen LogP contribution in [0.2, 0.25) is 0 Å². The Morgan fingerprint density at radius 2 is 2.11 bits per heavy atom. The highest BCUT2D eigenvalue weighted by Crippen LogP contribution is 2.23. The molecule has 100 valence electrons. The molecule has 0 saturated carbocycles. The maximum absolute atomic E-state index is 11.3. The topological polar surface area (TPSA) is 116 Å². The van der Waals surface area contributed by atoms with Gasteiger partial charge >= 0.3 is 16.4 Å². The molecule has 0 aliphatic rings. The molecule has 3 N–H and O–H groups in total. The van der Waals surface area contributed by atoms with E-state index in [1.807, 2.05) is 0 Å². The number of hydrogen-bond donors (Lipinski definition) is 3. The van der Waals surface area contributed by atoms with Crippen molar-refractivity contribution in [1.82, 2.24) is 0 Å².